The van der Waals surface area contributed by atoms with Gasteiger partial charge < -0.3 is 33.8 Å². The molecule has 19 heteroatoms. The number of carbonyl (C=O) groups is 4. The SMILES string of the molecule is CCC(C)CCCCCCCCCCCCCCCCC(=O)O[C@H](COC(=O)CCCCCCCCCCCCCCCCC(C)C)COP(=O)(O)OC[C@@H](O)COP(=O)(O)OC[C@@H](COC(=O)CCCCCCCCCCC(C)CC)OC(=O)CCCCCCCCCCC(C)CC. The highest BCUT2D eigenvalue weighted by Gasteiger charge is 2.30. The summed E-state index contributed by atoms with van der Waals surface area (Å²) in [5.74, 6) is 1.08. The van der Waals surface area contributed by atoms with Gasteiger partial charge in [0.2, 0.25) is 0 Å². The van der Waals surface area contributed by atoms with E-state index in [0.717, 1.165) is 114 Å². The van der Waals surface area contributed by atoms with Crippen LogP contribution in [0.3, 0.4) is 0 Å². The first-order valence-corrected chi connectivity index (χ1v) is 44.3. The van der Waals surface area contributed by atoms with Crippen molar-refractivity contribution in [2.75, 3.05) is 39.6 Å². The van der Waals surface area contributed by atoms with E-state index in [9.17, 15) is 43.2 Å². The van der Waals surface area contributed by atoms with Crippen molar-refractivity contribution in [2.24, 2.45) is 23.7 Å². The normalized spacial score (nSPS) is 14.9. The molecule has 0 aliphatic carbocycles. The predicted octanol–water partition coefficient (Wildman–Crippen LogP) is 23.6. The third-order valence-corrected chi connectivity index (χ3v) is 21.6. The van der Waals surface area contributed by atoms with Gasteiger partial charge in [-0.1, -0.05) is 357 Å². The van der Waals surface area contributed by atoms with E-state index in [1.54, 1.807) is 0 Å². The highest BCUT2D eigenvalue weighted by Crippen LogP contribution is 2.45. The van der Waals surface area contributed by atoms with Crippen LogP contribution in [-0.4, -0.2) is 96.7 Å². The smallest absolute Gasteiger partial charge is 0.462 e. The maximum Gasteiger partial charge on any atom is 0.472 e. The van der Waals surface area contributed by atoms with E-state index in [4.69, 9.17) is 37.0 Å². The van der Waals surface area contributed by atoms with Crippen LogP contribution in [0.4, 0.5) is 0 Å². The van der Waals surface area contributed by atoms with Crippen LogP contribution in [0.5, 0.6) is 0 Å². The lowest BCUT2D eigenvalue weighted by molar-refractivity contribution is -0.161. The molecule has 8 atom stereocenters. The van der Waals surface area contributed by atoms with E-state index in [2.05, 4.69) is 55.4 Å². The summed E-state index contributed by atoms with van der Waals surface area (Å²) in [6, 6.07) is 0. The number of hydrogen-bond donors (Lipinski definition) is 3. The lowest BCUT2D eigenvalue weighted by atomic mass is 9.99. The van der Waals surface area contributed by atoms with Crippen molar-refractivity contribution in [2.45, 2.75) is 427 Å². The molecular weight excluding hydrogens is 1290 g/mol. The monoisotopic (exact) mass is 1450 g/mol. The number of phosphoric ester groups is 2. The van der Waals surface area contributed by atoms with Crippen molar-refractivity contribution < 1.29 is 80.2 Å². The minimum absolute atomic E-state index is 0.104. The fraction of sp³-hybridized carbons (Fsp3) is 0.950. The maximum absolute atomic E-state index is 13.1. The quantitative estimate of drug-likeness (QED) is 0.0222. The number of aliphatic hydroxyl groups excluding tert-OH is 1. The van der Waals surface area contributed by atoms with Crippen molar-refractivity contribution in [1.29, 1.82) is 0 Å². The van der Waals surface area contributed by atoms with Gasteiger partial charge in [0.1, 0.15) is 19.3 Å². The second kappa shape index (κ2) is 69.1. The fourth-order valence-electron chi connectivity index (χ4n) is 12.2. The Labute approximate surface area is 607 Å². The van der Waals surface area contributed by atoms with Gasteiger partial charge in [0.15, 0.2) is 12.2 Å². The number of hydrogen-bond acceptors (Lipinski definition) is 15. The van der Waals surface area contributed by atoms with Crippen LogP contribution in [0.1, 0.15) is 409 Å². The Morgan fingerprint density at radius 2 is 0.485 bits per heavy atom. The van der Waals surface area contributed by atoms with Gasteiger partial charge >= 0.3 is 39.5 Å². The Morgan fingerprint density at radius 1 is 0.283 bits per heavy atom. The van der Waals surface area contributed by atoms with Crippen molar-refractivity contribution in [3.8, 4) is 0 Å². The summed E-state index contributed by atoms with van der Waals surface area (Å²) >= 11 is 0. The first kappa shape index (κ1) is 97.1. The number of rotatable bonds is 77. The number of phosphoric acid groups is 2. The highest BCUT2D eigenvalue weighted by atomic mass is 31.2. The molecule has 3 N–H and O–H groups in total. The van der Waals surface area contributed by atoms with Crippen molar-refractivity contribution in [3.63, 3.8) is 0 Å². The molecule has 99 heavy (non-hydrogen) atoms. The highest BCUT2D eigenvalue weighted by molar-refractivity contribution is 7.47. The molecule has 5 unspecified atom stereocenters. The molecule has 0 saturated carbocycles. The summed E-state index contributed by atoms with van der Waals surface area (Å²) < 4.78 is 68.7. The number of ether oxygens (including phenoxy) is 4. The molecule has 0 heterocycles. The zero-order chi connectivity index (χ0) is 73.1. The summed E-state index contributed by atoms with van der Waals surface area (Å²) in [5, 5.41) is 10.6. The van der Waals surface area contributed by atoms with Gasteiger partial charge in [0.25, 0.3) is 0 Å². The molecule has 0 amide bonds. The third kappa shape index (κ3) is 70.2. The van der Waals surface area contributed by atoms with Crippen molar-refractivity contribution in [1.82, 2.24) is 0 Å². The zero-order valence-electron chi connectivity index (χ0n) is 65.1. The van der Waals surface area contributed by atoms with Crippen LogP contribution < -0.4 is 0 Å². The Morgan fingerprint density at radius 3 is 0.717 bits per heavy atom. The minimum atomic E-state index is -4.96. The van der Waals surface area contributed by atoms with E-state index < -0.39 is 97.5 Å². The largest absolute Gasteiger partial charge is 0.472 e. The number of unbranched alkanes of at least 4 members (excludes halogenated alkanes) is 40. The van der Waals surface area contributed by atoms with E-state index >= 15 is 0 Å². The van der Waals surface area contributed by atoms with Gasteiger partial charge in [-0.25, -0.2) is 9.13 Å². The van der Waals surface area contributed by atoms with Crippen molar-refractivity contribution in [3.05, 3.63) is 0 Å². The van der Waals surface area contributed by atoms with Crippen molar-refractivity contribution >= 4 is 39.5 Å². The predicted molar refractivity (Wildman–Crippen MR) is 404 cm³/mol. The molecular formula is C80H156O17P2. The van der Waals surface area contributed by atoms with Crippen LogP contribution in [0.15, 0.2) is 0 Å². The molecule has 588 valence electrons. The summed E-state index contributed by atoms with van der Waals surface area (Å²) in [5.41, 5.74) is 0. The van der Waals surface area contributed by atoms with E-state index in [0.29, 0.717) is 25.7 Å². The Balaban J connectivity index is 5.27. The molecule has 0 aliphatic rings. The zero-order valence-corrected chi connectivity index (χ0v) is 66.9. The molecule has 0 aromatic heterocycles. The van der Waals surface area contributed by atoms with Gasteiger partial charge in [-0.05, 0) is 49.4 Å². The van der Waals surface area contributed by atoms with Gasteiger partial charge in [-0.15, -0.1) is 0 Å². The molecule has 0 aliphatic heterocycles. The Bertz CT molecular complexity index is 1940. The van der Waals surface area contributed by atoms with E-state index in [1.165, 1.54) is 212 Å². The second-order valence-electron chi connectivity index (χ2n) is 30.0. The number of carbonyl (C=O) groups excluding carboxylic acids is 4. The molecule has 0 aromatic carbocycles. The lowest BCUT2D eigenvalue weighted by Gasteiger charge is -2.21. The topological polar surface area (TPSA) is 237 Å². The molecule has 0 rings (SSSR count). The molecule has 0 aromatic rings. The van der Waals surface area contributed by atoms with Gasteiger partial charge in [-0.2, -0.15) is 0 Å². The molecule has 0 radical (unpaired) electrons. The van der Waals surface area contributed by atoms with Crippen LogP contribution >= 0.6 is 15.6 Å². The van der Waals surface area contributed by atoms with E-state index in [-0.39, 0.29) is 25.7 Å². The van der Waals surface area contributed by atoms with Crippen LogP contribution in [-0.2, 0) is 65.4 Å². The summed E-state index contributed by atoms with van der Waals surface area (Å²) in [6.07, 6.45) is 55.3. The first-order chi connectivity index (χ1) is 47.7. The average Bonchev–Trinajstić information content (AvgIpc) is 1.71. The van der Waals surface area contributed by atoms with Crippen LogP contribution in [0.25, 0.3) is 0 Å². The minimum Gasteiger partial charge on any atom is -0.462 e. The Kier molecular flexibility index (Phi) is 67.8. The standard InChI is InChI=1S/C80H156O17P2/c1-9-71(6)57-49-41-33-25-21-17-13-15-19-23-27-38-46-54-62-79(84)96-75(66-90-77(82)60-52-44-36-26-22-18-14-12-16-20-24-32-40-48-56-70(4)5)68-94-98(86,87)92-64-74(81)65-93-99(88,89)95-69-76(97-80(85)63-55-47-39-31-29-35-43-51-59-73(8)11-3)67-91-78(83)61-53-45-37-30-28-34-42-50-58-72(7)10-2/h70-76,81H,9-69H2,1-8H3,(H,86,87)(H,88,89)/t71?,72?,73?,74-,75-,76-/m1/s1. The number of aliphatic hydroxyl groups is 1. The van der Waals surface area contributed by atoms with Gasteiger partial charge in [-0.3, -0.25) is 37.3 Å². The third-order valence-electron chi connectivity index (χ3n) is 19.7. The summed E-state index contributed by atoms with van der Waals surface area (Å²) in [6.45, 7) is 14.3. The first-order valence-electron chi connectivity index (χ1n) is 41.3. The van der Waals surface area contributed by atoms with Crippen LogP contribution in [0, 0.1) is 23.7 Å². The van der Waals surface area contributed by atoms with E-state index in [1.807, 2.05) is 0 Å². The molecule has 0 saturated heterocycles. The molecule has 0 bridgehead atoms. The summed E-state index contributed by atoms with van der Waals surface area (Å²) in [7, 11) is -9.92. The number of esters is 4. The van der Waals surface area contributed by atoms with Gasteiger partial charge in [0.05, 0.1) is 26.4 Å². The van der Waals surface area contributed by atoms with Gasteiger partial charge in [0, 0.05) is 25.7 Å². The lowest BCUT2D eigenvalue weighted by Crippen LogP contribution is -2.30. The molecule has 0 fully saturated rings. The summed E-state index contributed by atoms with van der Waals surface area (Å²) in [4.78, 5) is 73.0. The fourth-order valence-corrected chi connectivity index (χ4v) is 13.7. The Hall–Kier alpha value is -1.94. The maximum atomic E-state index is 13.1. The van der Waals surface area contributed by atoms with Crippen LogP contribution in [0.2, 0.25) is 0 Å². The molecule has 0 spiro atoms. The average molecular weight is 1450 g/mol. The second-order valence-corrected chi connectivity index (χ2v) is 32.9. The molecule has 17 nitrogen and oxygen atoms in total.